The minimum Gasteiger partial charge on any atom is -0.478 e. The molecule has 3 aromatic carbocycles. The molecule has 0 saturated carbocycles. The number of hydrogen-bond donors (Lipinski definition) is 1. The number of carbonyl (C=O) groups is 2. The number of halogens is 2. The summed E-state index contributed by atoms with van der Waals surface area (Å²) in [5, 5.41) is 10.5. The van der Waals surface area contributed by atoms with E-state index in [1.54, 1.807) is 61.3 Å². The number of rotatable bonds is 5. The Balaban J connectivity index is 1.68. The van der Waals surface area contributed by atoms with Crippen molar-refractivity contribution >= 4 is 35.1 Å². The van der Waals surface area contributed by atoms with Gasteiger partial charge in [-0.05, 0) is 59.5 Å². The highest BCUT2D eigenvalue weighted by atomic mass is 35.5. The van der Waals surface area contributed by atoms with Crippen LogP contribution in [0.1, 0.15) is 44.8 Å². The molecule has 33 heavy (non-hydrogen) atoms. The van der Waals surface area contributed by atoms with Gasteiger partial charge in [-0.25, -0.2) is 4.79 Å². The van der Waals surface area contributed by atoms with Gasteiger partial charge in [-0.3, -0.25) is 4.79 Å². The molecule has 0 radical (unpaired) electrons. The van der Waals surface area contributed by atoms with Crippen molar-refractivity contribution in [3.8, 4) is 0 Å². The van der Waals surface area contributed by atoms with E-state index in [2.05, 4.69) is 0 Å². The van der Waals surface area contributed by atoms with Gasteiger partial charge in [0, 0.05) is 23.5 Å². The molecule has 1 fully saturated rings. The zero-order valence-electron chi connectivity index (χ0n) is 18.2. The third kappa shape index (κ3) is 4.91. The Labute approximate surface area is 202 Å². The van der Waals surface area contributed by atoms with Gasteiger partial charge in [0.2, 0.25) is 0 Å². The molecular weight excluding hydrogens is 461 g/mol. The number of likely N-dealkylation sites (N-methyl/N-ethyl adjacent to an activating group) is 1. The van der Waals surface area contributed by atoms with Crippen LogP contribution in [0.25, 0.3) is 0 Å². The maximum atomic E-state index is 13.3. The third-order valence-corrected chi connectivity index (χ3v) is 6.49. The van der Waals surface area contributed by atoms with Crippen molar-refractivity contribution in [2.75, 3.05) is 7.05 Å². The van der Waals surface area contributed by atoms with Crippen LogP contribution in [0.2, 0.25) is 10.0 Å². The monoisotopic (exact) mass is 483 g/mol. The number of carboxylic acids is 1. The molecule has 170 valence electrons. The van der Waals surface area contributed by atoms with Crippen LogP contribution in [0.4, 0.5) is 0 Å². The van der Waals surface area contributed by atoms with Crippen molar-refractivity contribution in [1.29, 1.82) is 0 Å². The molecule has 1 heterocycles. The Morgan fingerprint density at radius 3 is 2.09 bits per heavy atom. The average Bonchev–Trinajstić information content (AvgIpc) is 2.78. The number of nitrogens with zero attached hydrogens (tertiary/aromatic N) is 1. The first kappa shape index (κ1) is 23.3. The molecule has 1 saturated heterocycles. The summed E-state index contributed by atoms with van der Waals surface area (Å²) >= 11 is 12.2. The quantitative estimate of drug-likeness (QED) is 0.491. The Hall–Kier alpha value is -2.86. The van der Waals surface area contributed by atoms with E-state index >= 15 is 0 Å². The van der Waals surface area contributed by atoms with E-state index in [0.29, 0.717) is 22.0 Å². The van der Waals surface area contributed by atoms with E-state index in [1.807, 2.05) is 24.3 Å². The second-order valence-corrected chi connectivity index (χ2v) is 9.07. The van der Waals surface area contributed by atoms with Crippen LogP contribution in [-0.2, 0) is 16.0 Å². The number of ether oxygens (including phenoxy) is 1. The van der Waals surface area contributed by atoms with Gasteiger partial charge in [0.05, 0.1) is 11.6 Å². The summed E-state index contributed by atoms with van der Waals surface area (Å²) in [5.74, 6) is -1.11. The van der Waals surface area contributed by atoms with Crippen molar-refractivity contribution in [2.45, 2.75) is 31.6 Å². The Morgan fingerprint density at radius 1 is 0.970 bits per heavy atom. The molecule has 4 rings (SSSR count). The van der Waals surface area contributed by atoms with Crippen LogP contribution in [0, 0.1) is 6.92 Å². The number of aryl methyl sites for hydroxylation is 1. The molecule has 1 amide bonds. The minimum atomic E-state index is -0.975. The Bertz CT molecular complexity index is 1180. The van der Waals surface area contributed by atoms with Crippen LogP contribution in [-0.4, -0.2) is 35.0 Å². The summed E-state index contributed by atoms with van der Waals surface area (Å²) in [6.45, 7) is 1.75. The SMILES string of the molecule is Cc1cc(C[C@@H]2O[C@@H](c3ccc(Cl)cc3)[C@@H](c3ccc(Cl)cc3)N(C)C2=O)ccc1C(=O)O. The Morgan fingerprint density at radius 2 is 1.55 bits per heavy atom. The first-order chi connectivity index (χ1) is 15.7. The first-order valence-electron chi connectivity index (χ1n) is 10.5. The van der Waals surface area contributed by atoms with Gasteiger partial charge < -0.3 is 14.7 Å². The minimum absolute atomic E-state index is 0.139. The standard InChI is InChI=1S/C26H23Cl2NO4/c1-15-13-16(3-12-21(15)26(31)32)14-22-25(30)29(2)23(17-4-8-19(27)9-5-17)24(33-22)18-6-10-20(28)11-7-18/h3-13,22-24H,14H2,1-2H3,(H,31,32)/t22-,23+,24-/m0/s1. The van der Waals surface area contributed by atoms with Gasteiger partial charge in [-0.2, -0.15) is 0 Å². The van der Waals surface area contributed by atoms with Crippen molar-refractivity contribution in [3.05, 3.63) is 105 Å². The van der Waals surface area contributed by atoms with Crippen LogP contribution >= 0.6 is 23.2 Å². The number of amides is 1. The molecular formula is C26H23Cl2NO4. The molecule has 1 aliphatic heterocycles. The van der Waals surface area contributed by atoms with E-state index in [9.17, 15) is 14.7 Å². The van der Waals surface area contributed by atoms with E-state index in [0.717, 1.165) is 16.7 Å². The molecule has 1 N–H and O–H groups in total. The predicted molar refractivity (Wildman–Crippen MR) is 128 cm³/mol. The smallest absolute Gasteiger partial charge is 0.335 e. The second kappa shape index (κ2) is 9.56. The molecule has 0 aliphatic carbocycles. The van der Waals surface area contributed by atoms with Gasteiger partial charge in [-0.1, -0.05) is 59.6 Å². The number of carboxylic acid groups (broad SMARTS) is 1. The molecule has 0 aromatic heterocycles. The lowest BCUT2D eigenvalue weighted by atomic mass is 9.91. The fraction of sp³-hybridized carbons (Fsp3) is 0.231. The van der Waals surface area contributed by atoms with Gasteiger partial charge in [0.15, 0.2) is 0 Å². The topological polar surface area (TPSA) is 66.8 Å². The summed E-state index contributed by atoms with van der Waals surface area (Å²) in [6, 6.07) is 19.6. The van der Waals surface area contributed by atoms with Crippen molar-refractivity contribution in [2.24, 2.45) is 0 Å². The molecule has 3 aromatic rings. The van der Waals surface area contributed by atoms with Crippen molar-refractivity contribution in [1.82, 2.24) is 4.90 Å². The zero-order chi connectivity index (χ0) is 23.7. The maximum absolute atomic E-state index is 13.3. The van der Waals surface area contributed by atoms with Crippen LogP contribution < -0.4 is 0 Å². The molecule has 7 heteroatoms. The van der Waals surface area contributed by atoms with Crippen molar-refractivity contribution in [3.63, 3.8) is 0 Å². The average molecular weight is 484 g/mol. The summed E-state index contributed by atoms with van der Waals surface area (Å²) in [7, 11) is 1.78. The summed E-state index contributed by atoms with van der Waals surface area (Å²) < 4.78 is 6.43. The van der Waals surface area contributed by atoms with Crippen LogP contribution in [0.15, 0.2) is 66.7 Å². The number of hydrogen-bond acceptors (Lipinski definition) is 3. The van der Waals surface area contributed by atoms with E-state index in [1.165, 1.54) is 0 Å². The lowest BCUT2D eigenvalue weighted by molar-refractivity contribution is -0.171. The number of morpholine rings is 1. The maximum Gasteiger partial charge on any atom is 0.335 e. The van der Waals surface area contributed by atoms with Crippen molar-refractivity contribution < 1.29 is 19.4 Å². The zero-order valence-corrected chi connectivity index (χ0v) is 19.7. The molecule has 0 spiro atoms. The Kier molecular flexibility index (Phi) is 6.75. The van der Waals surface area contributed by atoms with Gasteiger partial charge in [0.25, 0.3) is 5.91 Å². The van der Waals surface area contributed by atoms with Gasteiger partial charge >= 0.3 is 5.97 Å². The normalized spacial score (nSPS) is 20.7. The van der Waals surface area contributed by atoms with E-state index in [-0.39, 0.29) is 17.5 Å². The molecule has 3 atom stereocenters. The van der Waals surface area contributed by atoms with Gasteiger partial charge in [0.1, 0.15) is 12.2 Å². The fourth-order valence-electron chi connectivity index (χ4n) is 4.29. The summed E-state index contributed by atoms with van der Waals surface area (Å²) in [6.07, 6.45) is -0.800. The molecule has 0 unspecified atom stereocenters. The van der Waals surface area contributed by atoms with Gasteiger partial charge in [-0.15, -0.1) is 0 Å². The lowest BCUT2D eigenvalue weighted by Gasteiger charge is -2.43. The largest absolute Gasteiger partial charge is 0.478 e. The highest BCUT2D eigenvalue weighted by molar-refractivity contribution is 6.30. The van der Waals surface area contributed by atoms with E-state index in [4.69, 9.17) is 27.9 Å². The number of carbonyl (C=O) groups excluding carboxylic acids is 1. The second-order valence-electron chi connectivity index (χ2n) is 8.20. The van der Waals surface area contributed by atoms with Crippen LogP contribution in [0.5, 0.6) is 0 Å². The summed E-state index contributed by atoms with van der Waals surface area (Å²) in [4.78, 5) is 26.4. The fourth-order valence-corrected chi connectivity index (χ4v) is 4.54. The first-order valence-corrected chi connectivity index (χ1v) is 11.3. The third-order valence-electron chi connectivity index (χ3n) is 5.99. The molecule has 0 bridgehead atoms. The molecule has 1 aliphatic rings. The lowest BCUT2D eigenvalue weighted by Crippen LogP contribution is -2.49. The van der Waals surface area contributed by atoms with E-state index < -0.39 is 18.2 Å². The summed E-state index contributed by atoms with van der Waals surface area (Å²) in [5.41, 5.74) is 3.54. The number of benzene rings is 3. The highest BCUT2D eigenvalue weighted by Crippen LogP contribution is 2.42. The predicted octanol–water partition coefficient (Wildman–Crippen LogP) is 5.88. The highest BCUT2D eigenvalue weighted by Gasteiger charge is 2.42. The number of aromatic carboxylic acids is 1. The molecule has 5 nitrogen and oxygen atoms in total. The van der Waals surface area contributed by atoms with Crippen LogP contribution in [0.3, 0.4) is 0 Å².